The van der Waals surface area contributed by atoms with Gasteiger partial charge in [0, 0.05) is 18.2 Å². The summed E-state index contributed by atoms with van der Waals surface area (Å²) < 4.78 is 36.2. The van der Waals surface area contributed by atoms with Crippen molar-refractivity contribution in [2.45, 2.75) is 19.0 Å². The van der Waals surface area contributed by atoms with Gasteiger partial charge in [-0.25, -0.2) is 12.8 Å². The topological polar surface area (TPSA) is 66.5 Å². The number of likely N-dealkylation sites (N-methyl/N-ethyl adjacent to an activating group) is 1. The first kappa shape index (κ1) is 15.9. The number of hydrogen-bond donors (Lipinski definition) is 1. The standard InChI is InChI=1S/C14H19FN2O3S/c1-17(12-6-7-21(19,20)10-12)9-14(18)16-8-11-4-2-3-5-13(11)15/h2-5,12H,6-10H2,1H3,(H,16,18). The summed E-state index contributed by atoms with van der Waals surface area (Å²) in [4.78, 5) is 13.6. The molecule has 1 amide bonds. The van der Waals surface area contributed by atoms with Gasteiger partial charge >= 0.3 is 0 Å². The quantitative estimate of drug-likeness (QED) is 0.862. The summed E-state index contributed by atoms with van der Waals surface area (Å²) in [6.45, 7) is 0.233. The van der Waals surface area contributed by atoms with E-state index in [1.807, 2.05) is 0 Å². The van der Waals surface area contributed by atoms with Crippen LogP contribution in [0.25, 0.3) is 0 Å². The van der Waals surface area contributed by atoms with E-state index in [9.17, 15) is 17.6 Å². The second-order valence-electron chi connectivity index (χ2n) is 5.34. The molecule has 1 aliphatic heterocycles. The molecule has 2 rings (SSSR count). The van der Waals surface area contributed by atoms with Gasteiger partial charge in [0.05, 0.1) is 18.1 Å². The molecule has 1 N–H and O–H groups in total. The van der Waals surface area contributed by atoms with Gasteiger partial charge in [0.15, 0.2) is 9.84 Å². The Labute approximate surface area is 124 Å². The molecule has 1 heterocycles. The molecule has 0 bridgehead atoms. The number of benzene rings is 1. The van der Waals surface area contributed by atoms with Crippen LogP contribution in [-0.4, -0.2) is 50.4 Å². The minimum absolute atomic E-state index is 0.101. The first-order chi connectivity index (χ1) is 9.87. The van der Waals surface area contributed by atoms with Crippen molar-refractivity contribution in [1.29, 1.82) is 0 Å². The molecule has 0 radical (unpaired) electrons. The van der Waals surface area contributed by atoms with Gasteiger partial charge in [-0.15, -0.1) is 0 Å². The number of halogens is 1. The third kappa shape index (κ3) is 4.50. The van der Waals surface area contributed by atoms with Gasteiger partial charge in [-0.05, 0) is 19.5 Å². The highest BCUT2D eigenvalue weighted by atomic mass is 32.2. The summed E-state index contributed by atoms with van der Waals surface area (Å²) >= 11 is 0. The lowest BCUT2D eigenvalue weighted by atomic mass is 10.2. The molecule has 7 heteroatoms. The number of carbonyl (C=O) groups excluding carboxylic acids is 1. The van der Waals surface area contributed by atoms with Gasteiger partial charge in [0.25, 0.3) is 0 Å². The minimum atomic E-state index is -2.96. The van der Waals surface area contributed by atoms with Crippen molar-refractivity contribution in [3.63, 3.8) is 0 Å². The lowest BCUT2D eigenvalue weighted by Gasteiger charge is -2.22. The Morgan fingerprint density at radius 3 is 2.76 bits per heavy atom. The van der Waals surface area contributed by atoms with Crippen LogP contribution < -0.4 is 5.32 Å². The molecule has 1 aliphatic rings. The Balaban J connectivity index is 1.81. The van der Waals surface area contributed by atoms with Crippen LogP contribution in [0.5, 0.6) is 0 Å². The average Bonchev–Trinajstić information content (AvgIpc) is 2.78. The lowest BCUT2D eigenvalue weighted by molar-refractivity contribution is -0.122. The van der Waals surface area contributed by atoms with Crippen molar-refractivity contribution in [3.8, 4) is 0 Å². The molecular formula is C14H19FN2O3S. The van der Waals surface area contributed by atoms with Gasteiger partial charge in [-0.1, -0.05) is 18.2 Å². The van der Waals surface area contributed by atoms with Gasteiger partial charge in [-0.3, -0.25) is 9.69 Å². The minimum Gasteiger partial charge on any atom is -0.351 e. The molecule has 0 aliphatic carbocycles. The molecule has 5 nitrogen and oxygen atoms in total. The summed E-state index contributed by atoms with van der Waals surface area (Å²) in [5.74, 6) is -0.318. The van der Waals surface area contributed by atoms with Crippen LogP contribution in [0, 0.1) is 5.82 Å². The van der Waals surface area contributed by atoms with Gasteiger partial charge in [-0.2, -0.15) is 0 Å². The number of amides is 1. The summed E-state index contributed by atoms with van der Waals surface area (Å²) in [6, 6.07) is 6.14. The molecule has 0 spiro atoms. The van der Waals surface area contributed by atoms with Crippen molar-refractivity contribution < 1.29 is 17.6 Å². The summed E-state index contributed by atoms with van der Waals surface area (Å²) in [7, 11) is -1.23. The van der Waals surface area contributed by atoms with Crippen LogP contribution in [0.3, 0.4) is 0 Å². The summed E-state index contributed by atoms with van der Waals surface area (Å²) in [6.07, 6.45) is 0.555. The molecule has 1 saturated heterocycles. The molecule has 0 saturated carbocycles. The normalized spacial score (nSPS) is 20.6. The largest absolute Gasteiger partial charge is 0.351 e. The molecule has 0 aromatic heterocycles. The molecule has 1 aromatic carbocycles. The first-order valence-corrected chi connectivity index (χ1v) is 8.60. The predicted octanol–water partition coefficient (Wildman–Crippen LogP) is 0.561. The smallest absolute Gasteiger partial charge is 0.234 e. The molecule has 1 aromatic rings. The Kier molecular flexibility index (Phi) is 4.95. The fourth-order valence-electron chi connectivity index (χ4n) is 2.37. The number of nitrogens with zero attached hydrogens (tertiary/aromatic N) is 1. The maximum Gasteiger partial charge on any atom is 0.234 e. The summed E-state index contributed by atoms with van der Waals surface area (Å²) in [5.41, 5.74) is 0.428. The maximum atomic E-state index is 13.4. The Morgan fingerprint density at radius 2 is 2.14 bits per heavy atom. The van der Waals surface area contributed by atoms with Crippen molar-refractivity contribution in [1.82, 2.24) is 10.2 Å². The van der Waals surface area contributed by atoms with Crippen LogP contribution in [0.4, 0.5) is 4.39 Å². The van der Waals surface area contributed by atoms with Crippen LogP contribution in [-0.2, 0) is 21.2 Å². The number of hydrogen-bond acceptors (Lipinski definition) is 4. The van der Waals surface area contributed by atoms with E-state index >= 15 is 0 Å². The zero-order valence-electron chi connectivity index (χ0n) is 11.9. The van der Waals surface area contributed by atoms with E-state index in [2.05, 4.69) is 5.32 Å². The van der Waals surface area contributed by atoms with Gasteiger partial charge in [0.1, 0.15) is 5.82 Å². The van der Waals surface area contributed by atoms with Crippen LogP contribution in [0.1, 0.15) is 12.0 Å². The highest BCUT2D eigenvalue weighted by molar-refractivity contribution is 7.91. The predicted molar refractivity (Wildman–Crippen MR) is 77.9 cm³/mol. The fourth-order valence-corrected chi connectivity index (χ4v) is 4.18. The van der Waals surface area contributed by atoms with E-state index < -0.39 is 9.84 Å². The Bertz CT molecular complexity index is 618. The molecule has 116 valence electrons. The molecule has 1 atom stereocenters. The van der Waals surface area contributed by atoms with E-state index in [1.54, 1.807) is 30.1 Å². The van der Waals surface area contributed by atoms with E-state index in [0.29, 0.717) is 12.0 Å². The van der Waals surface area contributed by atoms with E-state index in [1.165, 1.54) is 6.07 Å². The number of rotatable bonds is 5. The zero-order chi connectivity index (χ0) is 15.5. The van der Waals surface area contributed by atoms with E-state index in [-0.39, 0.29) is 42.4 Å². The maximum absolute atomic E-state index is 13.4. The van der Waals surface area contributed by atoms with Crippen molar-refractivity contribution in [2.24, 2.45) is 0 Å². The SMILES string of the molecule is CN(CC(=O)NCc1ccccc1F)C1CCS(=O)(=O)C1. The second-order valence-corrected chi connectivity index (χ2v) is 7.57. The van der Waals surface area contributed by atoms with Crippen LogP contribution in [0.2, 0.25) is 0 Å². The molecular weight excluding hydrogens is 295 g/mol. The van der Waals surface area contributed by atoms with E-state index in [0.717, 1.165) is 0 Å². The monoisotopic (exact) mass is 314 g/mol. The Morgan fingerprint density at radius 1 is 1.43 bits per heavy atom. The fraction of sp³-hybridized carbons (Fsp3) is 0.500. The molecule has 1 unspecified atom stereocenters. The number of nitrogens with one attached hydrogen (secondary N) is 1. The summed E-state index contributed by atoms with van der Waals surface area (Å²) in [5, 5.41) is 2.64. The van der Waals surface area contributed by atoms with Crippen LogP contribution >= 0.6 is 0 Å². The average molecular weight is 314 g/mol. The van der Waals surface area contributed by atoms with Crippen molar-refractivity contribution >= 4 is 15.7 Å². The molecule has 21 heavy (non-hydrogen) atoms. The van der Waals surface area contributed by atoms with E-state index in [4.69, 9.17) is 0 Å². The third-order valence-electron chi connectivity index (χ3n) is 3.66. The first-order valence-electron chi connectivity index (χ1n) is 6.78. The highest BCUT2D eigenvalue weighted by Gasteiger charge is 2.31. The molecule has 1 fully saturated rings. The zero-order valence-corrected chi connectivity index (χ0v) is 12.7. The third-order valence-corrected chi connectivity index (χ3v) is 5.41. The lowest BCUT2D eigenvalue weighted by Crippen LogP contribution is -2.41. The number of sulfone groups is 1. The van der Waals surface area contributed by atoms with Gasteiger partial charge in [0.2, 0.25) is 5.91 Å². The van der Waals surface area contributed by atoms with Crippen molar-refractivity contribution in [2.75, 3.05) is 25.1 Å². The highest BCUT2D eigenvalue weighted by Crippen LogP contribution is 2.16. The van der Waals surface area contributed by atoms with Crippen LogP contribution in [0.15, 0.2) is 24.3 Å². The second kappa shape index (κ2) is 6.53. The van der Waals surface area contributed by atoms with Crippen molar-refractivity contribution in [3.05, 3.63) is 35.6 Å². The number of carbonyl (C=O) groups is 1. The van der Waals surface area contributed by atoms with Gasteiger partial charge < -0.3 is 5.32 Å². The Hall–Kier alpha value is -1.47.